The number of nitrogens with one attached hydrogen (secondary N) is 1. The highest BCUT2D eigenvalue weighted by atomic mass is 16.5. The van der Waals surface area contributed by atoms with Crippen LogP contribution in [0.5, 0.6) is 0 Å². The molecule has 1 aromatic heterocycles. The fourth-order valence-electron chi connectivity index (χ4n) is 4.99. The predicted octanol–water partition coefficient (Wildman–Crippen LogP) is 5.39. The Hall–Kier alpha value is -3.47. The third-order valence-electron chi connectivity index (χ3n) is 6.24. The van der Waals surface area contributed by atoms with Crippen molar-refractivity contribution in [2.45, 2.75) is 52.2 Å². The number of esters is 1. The fraction of sp³-hybridized carbons (Fsp3) is 0.321. The molecule has 0 aliphatic heterocycles. The van der Waals surface area contributed by atoms with Crippen molar-refractivity contribution in [3.63, 3.8) is 0 Å². The molecular weight excluding hydrogens is 412 g/mol. The molecule has 2 aliphatic carbocycles. The largest absolute Gasteiger partial charge is 0.459 e. The minimum Gasteiger partial charge on any atom is -0.459 e. The zero-order chi connectivity index (χ0) is 23.6. The van der Waals surface area contributed by atoms with E-state index < -0.39 is 5.54 Å². The lowest BCUT2D eigenvalue weighted by molar-refractivity contribution is 0.0378. The number of fused-ring (bicyclic) bond motifs is 4. The van der Waals surface area contributed by atoms with Crippen LogP contribution in [-0.2, 0) is 16.7 Å². The lowest BCUT2D eigenvalue weighted by Gasteiger charge is -2.45. The van der Waals surface area contributed by atoms with E-state index in [1.807, 2.05) is 50.4 Å². The van der Waals surface area contributed by atoms with Crippen molar-refractivity contribution in [3.8, 4) is 0 Å². The average Bonchev–Trinajstić information content (AvgIpc) is 2.76. The molecule has 2 bridgehead atoms. The normalized spacial score (nSPS) is 23.2. The molecular formula is C28H30N2O3. The second-order valence-corrected chi connectivity index (χ2v) is 9.03. The van der Waals surface area contributed by atoms with E-state index in [2.05, 4.69) is 31.0 Å². The molecule has 4 rings (SSSR count). The van der Waals surface area contributed by atoms with Gasteiger partial charge in [-0.1, -0.05) is 35.9 Å². The van der Waals surface area contributed by atoms with Crippen molar-refractivity contribution < 1.29 is 9.53 Å². The van der Waals surface area contributed by atoms with E-state index in [9.17, 15) is 9.59 Å². The summed E-state index contributed by atoms with van der Waals surface area (Å²) in [4.78, 5) is 32.1. The molecule has 170 valence electrons. The van der Waals surface area contributed by atoms with Gasteiger partial charge in [-0.3, -0.25) is 9.79 Å². The highest BCUT2D eigenvalue weighted by Gasteiger charge is 2.46. The number of aromatic amines is 1. The van der Waals surface area contributed by atoms with Crippen LogP contribution in [0.2, 0.25) is 0 Å². The van der Waals surface area contributed by atoms with Crippen molar-refractivity contribution >= 4 is 18.3 Å². The number of hydrogen-bond acceptors (Lipinski definition) is 4. The quantitative estimate of drug-likeness (QED) is 0.383. The van der Waals surface area contributed by atoms with Gasteiger partial charge in [-0.15, -0.1) is 0 Å². The van der Waals surface area contributed by atoms with Gasteiger partial charge in [0.25, 0.3) is 0 Å². The number of ether oxygens (including phenoxy) is 1. The number of rotatable bonds is 5. The first-order valence-corrected chi connectivity index (χ1v) is 11.4. The molecule has 0 amide bonds. The molecule has 1 heterocycles. The fourth-order valence-corrected chi connectivity index (χ4v) is 4.99. The lowest BCUT2D eigenvalue weighted by Crippen LogP contribution is -2.40. The summed E-state index contributed by atoms with van der Waals surface area (Å²) in [6.07, 6.45) is 11.7. The van der Waals surface area contributed by atoms with Crippen molar-refractivity contribution in [1.29, 1.82) is 0 Å². The standard InChI is InChI=1S/C28H30N2O3/c1-5-23-22-15-19(4)17-28(23,24-12-13-26(31)30-25(24)16-22)29-14-6-7-20-8-10-21(11-9-20)27(32)33-18(2)3/h5-15,18,22H,16-17H2,1-4H3,(H,30,31)/b7-6?,23-5+,29-14?/t22-,28+/m0/s1. The Labute approximate surface area is 194 Å². The summed E-state index contributed by atoms with van der Waals surface area (Å²) in [6.45, 7) is 7.89. The molecule has 1 aromatic carbocycles. The van der Waals surface area contributed by atoms with Gasteiger partial charge < -0.3 is 9.72 Å². The van der Waals surface area contributed by atoms with Crippen LogP contribution in [-0.4, -0.2) is 23.3 Å². The van der Waals surface area contributed by atoms with Gasteiger partial charge in [-0.05, 0) is 69.5 Å². The van der Waals surface area contributed by atoms with Crippen LogP contribution in [0.1, 0.15) is 61.3 Å². The minimum absolute atomic E-state index is 0.0730. The van der Waals surface area contributed by atoms with Gasteiger partial charge in [0, 0.05) is 35.9 Å². The Morgan fingerprint density at radius 1 is 1.21 bits per heavy atom. The molecule has 2 aliphatic rings. The van der Waals surface area contributed by atoms with Crippen molar-refractivity contribution in [1.82, 2.24) is 4.98 Å². The molecule has 2 atom stereocenters. The van der Waals surface area contributed by atoms with Gasteiger partial charge in [-0.2, -0.15) is 0 Å². The monoisotopic (exact) mass is 442 g/mol. The number of pyridine rings is 1. The molecule has 0 radical (unpaired) electrons. The number of hydrogen-bond donors (Lipinski definition) is 1. The van der Waals surface area contributed by atoms with Gasteiger partial charge in [0.2, 0.25) is 5.56 Å². The SMILES string of the molecule is C/C=C1\[C@H]2C=C(C)C[C@]1(N=CC=Cc1ccc(C(=O)OC(C)C)cc1)c1ccc(=O)[nH]c1C2. The number of carbonyl (C=O) groups is 1. The maximum absolute atomic E-state index is 12.0. The van der Waals surface area contributed by atoms with Gasteiger partial charge in [0.1, 0.15) is 5.54 Å². The Bertz CT molecular complexity index is 1230. The van der Waals surface area contributed by atoms with E-state index in [4.69, 9.17) is 9.73 Å². The first-order valence-electron chi connectivity index (χ1n) is 11.4. The van der Waals surface area contributed by atoms with Crippen LogP contribution in [0.25, 0.3) is 6.08 Å². The number of allylic oxidation sites excluding steroid dienone is 3. The molecule has 0 saturated carbocycles. The van der Waals surface area contributed by atoms with E-state index in [1.54, 1.807) is 18.2 Å². The number of carbonyl (C=O) groups excluding carboxylic acids is 1. The summed E-state index contributed by atoms with van der Waals surface area (Å²) in [5, 5.41) is 0. The summed E-state index contributed by atoms with van der Waals surface area (Å²) in [6, 6.07) is 10.8. The average molecular weight is 443 g/mol. The number of H-pyrrole nitrogens is 1. The van der Waals surface area contributed by atoms with E-state index in [0.29, 0.717) is 5.56 Å². The lowest BCUT2D eigenvalue weighted by atomic mass is 9.63. The van der Waals surface area contributed by atoms with Crippen LogP contribution in [0.4, 0.5) is 0 Å². The Morgan fingerprint density at radius 2 is 1.97 bits per heavy atom. The summed E-state index contributed by atoms with van der Waals surface area (Å²) in [7, 11) is 0. The van der Waals surface area contributed by atoms with Gasteiger partial charge in [0.05, 0.1) is 11.7 Å². The summed E-state index contributed by atoms with van der Waals surface area (Å²) in [5.74, 6) is -0.0714. The molecule has 0 unspecified atom stereocenters. The van der Waals surface area contributed by atoms with Crippen molar-refractivity contribution in [2.24, 2.45) is 10.9 Å². The van der Waals surface area contributed by atoms with Crippen molar-refractivity contribution in [2.75, 3.05) is 0 Å². The van der Waals surface area contributed by atoms with Crippen LogP contribution in [0.3, 0.4) is 0 Å². The first kappa shape index (κ1) is 22.7. The Kier molecular flexibility index (Phi) is 6.32. The minimum atomic E-state index is -0.495. The highest BCUT2D eigenvalue weighted by Crippen LogP contribution is 2.51. The number of aromatic nitrogens is 1. The molecule has 0 saturated heterocycles. The molecule has 2 aromatic rings. The maximum atomic E-state index is 12.0. The number of aliphatic imine (C=N–C) groups is 1. The summed E-state index contributed by atoms with van der Waals surface area (Å²) >= 11 is 0. The van der Waals surface area contributed by atoms with E-state index in [1.165, 1.54) is 11.1 Å². The molecule has 0 fully saturated rings. The molecule has 1 N–H and O–H groups in total. The van der Waals surface area contributed by atoms with E-state index >= 15 is 0 Å². The third kappa shape index (κ3) is 4.54. The van der Waals surface area contributed by atoms with E-state index in [-0.39, 0.29) is 23.6 Å². The molecule has 0 spiro atoms. The molecule has 33 heavy (non-hydrogen) atoms. The van der Waals surface area contributed by atoms with Gasteiger partial charge >= 0.3 is 5.97 Å². The van der Waals surface area contributed by atoms with Crippen LogP contribution in [0, 0.1) is 5.92 Å². The predicted molar refractivity (Wildman–Crippen MR) is 133 cm³/mol. The molecule has 5 nitrogen and oxygen atoms in total. The zero-order valence-corrected chi connectivity index (χ0v) is 19.6. The first-order chi connectivity index (χ1) is 15.8. The van der Waals surface area contributed by atoms with Crippen molar-refractivity contribution in [3.05, 3.63) is 98.5 Å². The van der Waals surface area contributed by atoms with Gasteiger partial charge in [0.15, 0.2) is 0 Å². The second-order valence-electron chi connectivity index (χ2n) is 9.03. The molecule has 5 heteroatoms. The van der Waals surface area contributed by atoms with Crippen LogP contribution < -0.4 is 5.56 Å². The Balaban J connectivity index is 1.61. The van der Waals surface area contributed by atoms with E-state index in [0.717, 1.165) is 29.7 Å². The number of nitrogens with zero attached hydrogens (tertiary/aromatic N) is 1. The highest BCUT2D eigenvalue weighted by molar-refractivity contribution is 5.90. The third-order valence-corrected chi connectivity index (χ3v) is 6.24. The topological polar surface area (TPSA) is 71.5 Å². The second kappa shape index (κ2) is 9.18. The smallest absolute Gasteiger partial charge is 0.338 e. The van der Waals surface area contributed by atoms with Gasteiger partial charge in [-0.25, -0.2) is 4.79 Å². The maximum Gasteiger partial charge on any atom is 0.338 e. The number of benzene rings is 1. The van der Waals surface area contributed by atoms with Crippen LogP contribution in [0.15, 0.2) is 75.6 Å². The van der Waals surface area contributed by atoms with Crippen LogP contribution >= 0.6 is 0 Å². The summed E-state index contributed by atoms with van der Waals surface area (Å²) in [5.41, 5.74) is 5.59. The Morgan fingerprint density at radius 3 is 2.67 bits per heavy atom. The zero-order valence-electron chi connectivity index (χ0n) is 19.6. The summed E-state index contributed by atoms with van der Waals surface area (Å²) < 4.78 is 5.23.